The van der Waals surface area contributed by atoms with Crippen molar-refractivity contribution in [2.75, 3.05) is 4.90 Å². The second kappa shape index (κ2) is 15.4. The van der Waals surface area contributed by atoms with Gasteiger partial charge >= 0.3 is 0 Å². The third kappa shape index (κ3) is 6.51. The highest BCUT2D eigenvalue weighted by molar-refractivity contribution is 6.01. The Morgan fingerprint density at radius 1 is 0.290 bits per heavy atom. The third-order valence-corrected chi connectivity index (χ3v) is 12.9. The monoisotopic (exact) mass is 791 g/mol. The molecule has 294 valence electrons. The minimum Gasteiger partial charge on any atom is -0.310 e. The van der Waals surface area contributed by atoms with Crippen LogP contribution in [0.25, 0.3) is 77.5 Å². The summed E-state index contributed by atoms with van der Waals surface area (Å²) >= 11 is 0. The van der Waals surface area contributed by atoms with Gasteiger partial charge in [0.2, 0.25) is 0 Å². The summed E-state index contributed by atoms with van der Waals surface area (Å²) in [6.45, 7) is 4.69. The van der Waals surface area contributed by atoms with Crippen LogP contribution in [0, 0.1) is 0 Å². The summed E-state index contributed by atoms with van der Waals surface area (Å²) in [5, 5.41) is 2.49. The van der Waals surface area contributed by atoms with Gasteiger partial charge in [-0.25, -0.2) is 0 Å². The van der Waals surface area contributed by atoms with Crippen LogP contribution in [0.15, 0.2) is 237 Å². The first-order valence-corrected chi connectivity index (χ1v) is 21.6. The zero-order valence-corrected chi connectivity index (χ0v) is 35.0. The molecule has 1 heteroatoms. The van der Waals surface area contributed by atoms with Gasteiger partial charge < -0.3 is 4.90 Å². The molecule has 1 aliphatic carbocycles. The Labute approximate surface area is 364 Å². The molecule has 0 fully saturated rings. The summed E-state index contributed by atoms with van der Waals surface area (Å²) in [4.78, 5) is 2.46. The first-order chi connectivity index (χ1) is 30.5. The van der Waals surface area contributed by atoms with E-state index < -0.39 is 0 Å². The molecule has 0 unspecified atom stereocenters. The van der Waals surface area contributed by atoms with E-state index in [1.165, 1.54) is 88.7 Å². The lowest BCUT2D eigenvalue weighted by Gasteiger charge is -2.30. The zero-order chi connectivity index (χ0) is 41.6. The maximum Gasteiger partial charge on any atom is 0.0546 e. The molecular weight excluding hydrogens is 747 g/mol. The topological polar surface area (TPSA) is 3.24 Å². The second-order valence-electron chi connectivity index (χ2n) is 16.9. The molecule has 11 rings (SSSR count). The van der Waals surface area contributed by atoms with E-state index in [0.717, 1.165) is 17.1 Å². The van der Waals surface area contributed by atoms with Crippen molar-refractivity contribution in [2.45, 2.75) is 19.3 Å². The Hall–Kier alpha value is -7.74. The van der Waals surface area contributed by atoms with Gasteiger partial charge in [0.25, 0.3) is 0 Å². The number of benzene rings is 10. The van der Waals surface area contributed by atoms with E-state index in [-0.39, 0.29) is 5.41 Å². The van der Waals surface area contributed by atoms with Gasteiger partial charge in [-0.2, -0.15) is 0 Å². The number of anilines is 3. The van der Waals surface area contributed by atoms with E-state index in [2.05, 4.69) is 255 Å². The highest BCUT2D eigenvalue weighted by atomic mass is 15.1. The van der Waals surface area contributed by atoms with E-state index >= 15 is 0 Å². The number of rotatable bonds is 8. The molecule has 0 heterocycles. The number of nitrogens with zero attached hydrogens (tertiary/aromatic N) is 1. The van der Waals surface area contributed by atoms with E-state index in [4.69, 9.17) is 0 Å². The molecule has 10 aromatic carbocycles. The van der Waals surface area contributed by atoms with Crippen molar-refractivity contribution in [2.24, 2.45) is 0 Å². The lowest BCUT2D eigenvalue weighted by molar-refractivity contribution is 0.660. The molecule has 0 aliphatic heterocycles. The summed E-state index contributed by atoms with van der Waals surface area (Å²) in [6.07, 6.45) is 0. The van der Waals surface area contributed by atoms with E-state index in [1.54, 1.807) is 0 Å². The SMILES string of the molecule is CC1(C)c2ccccc2-c2cc(-c3cccc(N(c4ccc(-c5ccc6ccccc6c5)cc4)c4cccc(-c5ccccc5)c4-c4ccccc4-c4ccccc4)c3)ccc21. The van der Waals surface area contributed by atoms with Crippen LogP contribution in [0.4, 0.5) is 17.1 Å². The maximum atomic E-state index is 2.46. The molecule has 0 radical (unpaired) electrons. The van der Waals surface area contributed by atoms with Crippen molar-refractivity contribution in [3.63, 3.8) is 0 Å². The third-order valence-electron chi connectivity index (χ3n) is 12.9. The van der Waals surface area contributed by atoms with Crippen molar-refractivity contribution in [3.8, 4) is 66.8 Å². The molecule has 10 aromatic rings. The minimum atomic E-state index is -0.0433. The van der Waals surface area contributed by atoms with Gasteiger partial charge in [-0.3, -0.25) is 0 Å². The Morgan fingerprint density at radius 2 is 0.823 bits per heavy atom. The largest absolute Gasteiger partial charge is 0.310 e. The van der Waals surface area contributed by atoms with Crippen LogP contribution in [0.1, 0.15) is 25.0 Å². The highest BCUT2D eigenvalue weighted by Crippen LogP contribution is 2.51. The lowest BCUT2D eigenvalue weighted by atomic mass is 9.82. The molecule has 62 heavy (non-hydrogen) atoms. The molecule has 0 saturated heterocycles. The quantitative estimate of drug-likeness (QED) is 0.148. The van der Waals surface area contributed by atoms with Crippen molar-refractivity contribution in [1.82, 2.24) is 0 Å². The van der Waals surface area contributed by atoms with E-state index in [0.29, 0.717) is 0 Å². The summed E-state index contributed by atoms with van der Waals surface area (Å²) in [6, 6.07) is 86.7. The molecule has 0 atom stereocenters. The van der Waals surface area contributed by atoms with Crippen molar-refractivity contribution in [3.05, 3.63) is 248 Å². The Balaban J connectivity index is 1.12. The van der Waals surface area contributed by atoms with Crippen LogP contribution in [0.2, 0.25) is 0 Å². The van der Waals surface area contributed by atoms with Crippen LogP contribution < -0.4 is 4.90 Å². The predicted octanol–water partition coefficient (Wildman–Crippen LogP) is 17.0. The smallest absolute Gasteiger partial charge is 0.0546 e. The van der Waals surface area contributed by atoms with E-state index in [1.807, 2.05) is 0 Å². The zero-order valence-electron chi connectivity index (χ0n) is 35.0. The molecule has 0 amide bonds. The van der Waals surface area contributed by atoms with Crippen molar-refractivity contribution >= 4 is 27.8 Å². The first-order valence-electron chi connectivity index (χ1n) is 21.6. The summed E-state index contributed by atoms with van der Waals surface area (Å²) in [5.74, 6) is 0. The summed E-state index contributed by atoms with van der Waals surface area (Å²) in [7, 11) is 0. The molecular formula is C61H45N. The molecule has 1 nitrogen and oxygen atoms in total. The molecule has 0 N–H and O–H groups in total. The molecule has 0 bridgehead atoms. The van der Waals surface area contributed by atoms with Crippen LogP contribution in [0.3, 0.4) is 0 Å². The second-order valence-corrected chi connectivity index (χ2v) is 16.9. The van der Waals surface area contributed by atoms with Gasteiger partial charge in [0.05, 0.1) is 5.69 Å². The van der Waals surface area contributed by atoms with Gasteiger partial charge in [0, 0.05) is 22.4 Å². The van der Waals surface area contributed by atoms with Gasteiger partial charge in [-0.15, -0.1) is 0 Å². The van der Waals surface area contributed by atoms with Gasteiger partial charge in [0.15, 0.2) is 0 Å². The van der Waals surface area contributed by atoms with Crippen molar-refractivity contribution in [1.29, 1.82) is 0 Å². The molecule has 1 aliphatic rings. The molecule has 0 saturated carbocycles. The average molecular weight is 792 g/mol. The fraction of sp³-hybridized carbons (Fsp3) is 0.0492. The average Bonchev–Trinajstić information content (AvgIpc) is 3.57. The number of hydrogen-bond acceptors (Lipinski definition) is 1. The van der Waals surface area contributed by atoms with Crippen LogP contribution in [0.5, 0.6) is 0 Å². The van der Waals surface area contributed by atoms with Crippen LogP contribution in [-0.2, 0) is 5.41 Å². The standard InChI is InChI=1S/C61H45N/c1-61(2)57-29-14-13-26-54(57)56-41-49(35-38-58(56)61)47-23-15-24-51(40-47)62(50-36-33-43(34-37-50)48-32-31-42-17-9-10-22-46(42)39-48)59-30-16-28-53(45-20-7-4-8-21-45)60(59)55-27-12-11-25-52(55)44-18-5-3-6-19-44/h3-41H,1-2H3. The number of hydrogen-bond donors (Lipinski definition) is 0. The predicted molar refractivity (Wildman–Crippen MR) is 263 cm³/mol. The van der Waals surface area contributed by atoms with Crippen LogP contribution >= 0.6 is 0 Å². The minimum absolute atomic E-state index is 0.0433. The summed E-state index contributed by atoms with van der Waals surface area (Å²) in [5.41, 5.74) is 20.5. The van der Waals surface area contributed by atoms with Gasteiger partial charge in [-0.1, -0.05) is 208 Å². The fourth-order valence-corrected chi connectivity index (χ4v) is 9.76. The molecule has 0 spiro atoms. The Morgan fingerprint density at radius 3 is 1.60 bits per heavy atom. The maximum absolute atomic E-state index is 2.46. The lowest BCUT2D eigenvalue weighted by Crippen LogP contribution is -2.14. The first kappa shape index (κ1) is 37.3. The Kier molecular flexibility index (Phi) is 9.24. The van der Waals surface area contributed by atoms with Crippen LogP contribution in [-0.4, -0.2) is 0 Å². The Bertz CT molecular complexity index is 3250. The summed E-state index contributed by atoms with van der Waals surface area (Å²) < 4.78 is 0. The van der Waals surface area contributed by atoms with E-state index in [9.17, 15) is 0 Å². The van der Waals surface area contributed by atoms with Crippen molar-refractivity contribution < 1.29 is 0 Å². The fourth-order valence-electron chi connectivity index (χ4n) is 9.76. The van der Waals surface area contributed by atoms with Gasteiger partial charge in [0.1, 0.15) is 0 Å². The highest BCUT2D eigenvalue weighted by Gasteiger charge is 2.35. The normalized spacial score (nSPS) is 12.5. The van der Waals surface area contributed by atoms with Gasteiger partial charge in [-0.05, 0) is 126 Å². The number of fused-ring (bicyclic) bond motifs is 4. The molecule has 0 aromatic heterocycles.